The molecule has 0 fully saturated rings. The fourth-order valence-corrected chi connectivity index (χ4v) is 3.95. The van der Waals surface area contributed by atoms with Crippen molar-refractivity contribution >= 4 is 28.1 Å². The Labute approximate surface area is 168 Å². The Morgan fingerprint density at radius 2 is 2.04 bits per heavy atom. The van der Waals surface area contributed by atoms with Crippen molar-refractivity contribution in [3.8, 4) is 16.3 Å². The predicted molar refractivity (Wildman–Crippen MR) is 115 cm³/mol. The van der Waals surface area contributed by atoms with Gasteiger partial charge in [0.25, 0.3) is 0 Å². The molecule has 0 aliphatic rings. The maximum Gasteiger partial charge on any atom is 0.130 e. The molecule has 4 rings (SSSR count). The molecule has 0 atom stereocenters. The van der Waals surface area contributed by atoms with Gasteiger partial charge in [-0.2, -0.15) is 0 Å². The number of pyridine rings is 1. The van der Waals surface area contributed by atoms with E-state index in [-0.39, 0.29) is 0 Å². The van der Waals surface area contributed by atoms with Crippen LogP contribution in [0.5, 0.6) is 5.75 Å². The first-order chi connectivity index (χ1) is 13.7. The van der Waals surface area contributed by atoms with Crippen LogP contribution in [-0.2, 0) is 6.42 Å². The van der Waals surface area contributed by atoms with Crippen molar-refractivity contribution in [1.82, 2.24) is 15.0 Å². The summed E-state index contributed by atoms with van der Waals surface area (Å²) < 4.78 is 5.54. The molecule has 3 heterocycles. The van der Waals surface area contributed by atoms with Crippen LogP contribution in [0.1, 0.15) is 18.1 Å². The number of anilines is 1. The van der Waals surface area contributed by atoms with E-state index in [1.165, 1.54) is 16.5 Å². The van der Waals surface area contributed by atoms with Crippen molar-refractivity contribution in [3.05, 3.63) is 65.4 Å². The first kappa shape index (κ1) is 18.4. The molecule has 0 saturated heterocycles. The number of aryl methyl sites for hydroxylation is 1. The lowest BCUT2D eigenvalue weighted by molar-refractivity contribution is 0.342. The third-order valence-electron chi connectivity index (χ3n) is 4.57. The highest BCUT2D eigenvalue weighted by atomic mass is 32.1. The van der Waals surface area contributed by atoms with E-state index in [4.69, 9.17) is 4.74 Å². The summed E-state index contributed by atoms with van der Waals surface area (Å²) in [6, 6.07) is 12.5. The van der Waals surface area contributed by atoms with Crippen molar-refractivity contribution in [1.29, 1.82) is 0 Å². The van der Waals surface area contributed by atoms with Crippen molar-refractivity contribution in [2.75, 3.05) is 18.5 Å². The predicted octanol–water partition coefficient (Wildman–Crippen LogP) is 5.12. The van der Waals surface area contributed by atoms with Gasteiger partial charge in [-0.15, -0.1) is 11.3 Å². The molecule has 0 aliphatic heterocycles. The van der Waals surface area contributed by atoms with Crippen LogP contribution in [-0.4, -0.2) is 28.1 Å². The SMILES string of the molecule is CCOc1csc(-c2cc(NCCc3cc4cccnc4cc3C)ncn2)c1. The lowest BCUT2D eigenvalue weighted by atomic mass is 10.0. The Morgan fingerprint density at radius 3 is 2.93 bits per heavy atom. The number of rotatable bonds is 7. The van der Waals surface area contributed by atoms with Crippen molar-refractivity contribution in [2.24, 2.45) is 0 Å². The van der Waals surface area contributed by atoms with Crippen LogP contribution < -0.4 is 10.1 Å². The van der Waals surface area contributed by atoms with Crippen molar-refractivity contribution < 1.29 is 4.74 Å². The Kier molecular flexibility index (Phi) is 5.48. The summed E-state index contributed by atoms with van der Waals surface area (Å²) in [5, 5.41) is 6.60. The third-order valence-corrected chi connectivity index (χ3v) is 5.50. The second-order valence-corrected chi connectivity index (χ2v) is 7.43. The Balaban J connectivity index is 1.43. The van der Waals surface area contributed by atoms with Gasteiger partial charge >= 0.3 is 0 Å². The van der Waals surface area contributed by atoms with Crippen LogP contribution in [0.25, 0.3) is 21.5 Å². The first-order valence-corrected chi connectivity index (χ1v) is 10.2. The van der Waals surface area contributed by atoms with Crippen LogP contribution >= 0.6 is 11.3 Å². The number of benzene rings is 1. The minimum absolute atomic E-state index is 0.664. The second-order valence-electron chi connectivity index (χ2n) is 6.52. The average Bonchev–Trinajstić information content (AvgIpc) is 3.18. The number of aromatic nitrogens is 3. The lowest BCUT2D eigenvalue weighted by Crippen LogP contribution is -2.07. The van der Waals surface area contributed by atoms with E-state index in [0.717, 1.165) is 40.6 Å². The molecule has 0 amide bonds. The summed E-state index contributed by atoms with van der Waals surface area (Å²) in [7, 11) is 0. The number of hydrogen-bond donors (Lipinski definition) is 1. The van der Waals surface area contributed by atoms with E-state index in [1.54, 1.807) is 17.7 Å². The van der Waals surface area contributed by atoms with E-state index < -0.39 is 0 Å². The summed E-state index contributed by atoms with van der Waals surface area (Å²) in [6.45, 7) is 5.59. The van der Waals surface area contributed by atoms with Gasteiger partial charge in [-0.3, -0.25) is 4.98 Å². The summed E-state index contributed by atoms with van der Waals surface area (Å²) in [4.78, 5) is 14.2. The van der Waals surface area contributed by atoms with E-state index >= 15 is 0 Å². The largest absolute Gasteiger partial charge is 0.493 e. The highest BCUT2D eigenvalue weighted by molar-refractivity contribution is 7.13. The zero-order valence-corrected chi connectivity index (χ0v) is 16.8. The molecular weight excluding hydrogens is 368 g/mol. The lowest BCUT2D eigenvalue weighted by Gasteiger charge is -2.10. The molecule has 0 radical (unpaired) electrons. The Hall–Kier alpha value is -2.99. The Morgan fingerprint density at radius 1 is 1.11 bits per heavy atom. The zero-order chi connectivity index (χ0) is 19.3. The minimum atomic E-state index is 0.664. The molecule has 1 aromatic carbocycles. The number of nitrogens with zero attached hydrogens (tertiary/aromatic N) is 3. The van der Waals surface area contributed by atoms with Crippen molar-refractivity contribution in [2.45, 2.75) is 20.3 Å². The second kappa shape index (κ2) is 8.35. The minimum Gasteiger partial charge on any atom is -0.493 e. The van der Waals surface area contributed by atoms with Gasteiger partial charge in [0.15, 0.2) is 0 Å². The van der Waals surface area contributed by atoms with E-state index in [1.807, 2.05) is 36.7 Å². The fraction of sp³-hybridized carbons (Fsp3) is 0.227. The normalized spacial score (nSPS) is 10.9. The number of thiophene rings is 1. The quantitative estimate of drug-likeness (QED) is 0.475. The molecular formula is C22H22N4OS. The molecule has 6 heteroatoms. The molecule has 0 spiro atoms. The summed E-state index contributed by atoms with van der Waals surface area (Å²) in [5.74, 6) is 1.72. The van der Waals surface area contributed by atoms with E-state index in [2.05, 4.69) is 45.4 Å². The number of nitrogens with one attached hydrogen (secondary N) is 1. The Bertz CT molecular complexity index is 1090. The monoisotopic (exact) mass is 390 g/mol. The summed E-state index contributed by atoms with van der Waals surface area (Å²) >= 11 is 1.63. The first-order valence-electron chi connectivity index (χ1n) is 9.35. The highest BCUT2D eigenvalue weighted by Crippen LogP contribution is 2.30. The van der Waals surface area contributed by atoms with Crippen LogP contribution in [0.2, 0.25) is 0 Å². The molecule has 0 bridgehead atoms. The molecule has 28 heavy (non-hydrogen) atoms. The van der Waals surface area contributed by atoms with Crippen LogP contribution in [0.15, 0.2) is 54.3 Å². The average molecular weight is 391 g/mol. The summed E-state index contributed by atoms with van der Waals surface area (Å²) in [5.41, 5.74) is 4.53. The van der Waals surface area contributed by atoms with Gasteiger partial charge in [-0.1, -0.05) is 6.07 Å². The van der Waals surface area contributed by atoms with Gasteiger partial charge in [0.1, 0.15) is 17.9 Å². The standard InChI is InChI=1S/C22H22N4OS/c1-3-27-18-11-21(28-13-18)20-12-22(26-14-25-20)24-8-6-16-10-17-5-4-7-23-19(17)9-15(16)2/h4-5,7,9-14H,3,6,8H2,1-2H3,(H,24,25,26). The molecule has 0 saturated carbocycles. The van der Waals surface area contributed by atoms with Gasteiger partial charge in [-0.25, -0.2) is 9.97 Å². The van der Waals surface area contributed by atoms with E-state index in [9.17, 15) is 0 Å². The van der Waals surface area contributed by atoms with Gasteiger partial charge in [0, 0.05) is 35.6 Å². The van der Waals surface area contributed by atoms with Gasteiger partial charge in [-0.05, 0) is 49.6 Å². The third kappa shape index (κ3) is 4.12. The zero-order valence-electron chi connectivity index (χ0n) is 16.0. The van der Waals surface area contributed by atoms with Crippen LogP contribution in [0.3, 0.4) is 0 Å². The molecule has 0 aliphatic carbocycles. The molecule has 142 valence electrons. The topological polar surface area (TPSA) is 59.9 Å². The maximum absolute atomic E-state index is 5.54. The van der Waals surface area contributed by atoms with E-state index in [0.29, 0.717) is 6.61 Å². The molecule has 3 aromatic heterocycles. The highest BCUT2D eigenvalue weighted by Gasteiger charge is 2.07. The fourth-order valence-electron chi connectivity index (χ4n) is 3.15. The molecule has 1 N–H and O–H groups in total. The van der Waals surface area contributed by atoms with Crippen LogP contribution in [0.4, 0.5) is 5.82 Å². The molecule has 5 nitrogen and oxygen atoms in total. The van der Waals surface area contributed by atoms with Gasteiger partial charge in [0.05, 0.1) is 22.7 Å². The summed E-state index contributed by atoms with van der Waals surface area (Å²) in [6.07, 6.45) is 4.36. The van der Waals surface area contributed by atoms with Gasteiger partial charge in [0.2, 0.25) is 0 Å². The number of fused-ring (bicyclic) bond motifs is 1. The number of ether oxygens (including phenoxy) is 1. The van der Waals surface area contributed by atoms with Crippen molar-refractivity contribution in [3.63, 3.8) is 0 Å². The van der Waals surface area contributed by atoms with Crippen LogP contribution in [0, 0.1) is 6.92 Å². The molecule has 4 aromatic rings. The van der Waals surface area contributed by atoms with Gasteiger partial charge < -0.3 is 10.1 Å². The molecule has 0 unspecified atom stereocenters. The number of hydrogen-bond acceptors (Lipinski definition) is 6. The maximum atomic E-state index is 5.54. The smallest absolute Gasteiger partial charge is 0.130 e.